The van der Waals surface area contributed by atoms with E-state index in [1.807, 2.05) is 0 Å². The summed E-state index contributed by atoms with van der Waals surface area (Å²) in [6.45, 7) is 0. The number of hydrogen-bond donors (Lipinski definition) is 0. The number of hydrogen-bond acceptors (Lipinski definition) is 6. The first-order valence-corrected chi connectivity index (χ1v) is 11.2. The van der Waals surface area contributed by atoms with Crippen LogP contribution in [0.1, 0.15) is 26.3 Å². The zero-order chi connectivity index (χ0) is 23.4. The van der Waals surface area contributed by atoms with Crippen molar-refractivity contribution in [1.29, 1.82) is 0 Å². The summed E-state index contributed by atoms with van der Waals surface area (Å²) >= 11 is 12.2. The van der Waals surface area contributed by atoms with Gasteiger partial charge in [0, 0.05) is 17.7 Å². The van der Waals surface area contributed by atoms with E-state index >= 15 is 0 Å². The van der Waals surface area contributed by atoms with Gasteiger partial charge in [-0.25, -0.2) is 0 Å². The zero-order valence-electron chi connectivity index (χ0n) is 17.3. The fraction of sp³-hybridized carbons (Fsp3) is 0.130. The van der Waals surface area contributed by atoms with E-state index in [9.17, 15) is 14.2 Å². The summed E-state index contributed by atoms with van der Waals surface area (Å²) in [6.07, 6.45) is 0. The van der Waals surface area contributed by atoms with Crippen LogP contribution in [-0.4, -0.2) is 32.6 Å². The van der Waals surface area contributed by atoms with E-state index in [-0.39, 0.29) is 43.5 Å². The van der Waals surface area contributed by atoms with Gasteiger partial charge in [0.1, 0.15) is 22.8 Å². The molecule has 3 aromatic carbocycles. The van der Waals surface area contributed by atoms with Crippen LogP contribution in [0.4, 0.5) is 0 Å². The van der Waals surface area contributed by atoms with Gasteiger partial charge in [-0.3, -0.25) is 14.2 Å². The molecular weight excluding hydrogens is 474 g/mol. The highest BCUT2D eigenvalue weighted by molar-refractivity contribution is 7.71. The predicted molar refractivity (Wildman–Crippen MR) is 124 cm³/mol. The number of benzene rings is 3. The van der Waals surface area contributed by atoms with E-state index < -0.39 is 19.1 Å². The van der Waals surface area contributed by atoms with Gasteiger partial charge in [-0.05, 0) is 24.3 Å². The third-order valence-electron chi connectivity index (χ3n) is 4.67. The zero-order valence-corrected chi connectivity index (χ0v) is 19.8. The Labute approximate surface area is 195 Å². The van der Waals surface area contributed by atoms with E-state index in [1.165, 1.54) is 57.7 Å². The molecular formula is C23H18Cl2O6P. The van der Waals surface area contributed by atoms with Crippen LogP contribution < -0.4 is 19.5 Å². The number of carbonyl (C=O) groups excluding carboxylic acids is 2. The monoisotopic (exact) mass is 491 g/mol. The summed E-state index contributed by atoms with van der Waals surface area (Å²) < 4.78 is 29.2. The highest BCUT2D eigenvalue weighted by Crippen LogP contribution is 2.38. The van der Waals surface area contributed by atoms with Crippen LogP contribution in [-0.2, 0) is 4.57 Å². The Morgan fingerprint density at radius 3 is 1.88 bits per heavy atom. The largest absolute Gasteiger partial charge is 0.496 e. The lowest BCUT2D eigenvalue weighted by Gasteiger charge is -2.15. The number of ketones is 1. The van der Waals surface area contributed by atoms with Gasteiger partial charge in [-0.2, -0.15) is 0 Å². The van der Waals surface area contributed by atoms with Gasteiger partial charge in [-0.1, -0.05) is 41.4 Å². The Bertz CT molecular complexity index is 1180. The summed E-state index contributed by atoms with van der Waals surface area (Å²) in [5, 5.41) is 0.203. The van der Waals surface area contributed by atoms with Gasteiger partial charge in [0.15, 0.2) is 7.80 Å². The summed E-state index contributed by atoms with van der Waals surface area (Å²) in [4.78, 5) is 26.5. The van der Waals surface area contributed by atoms with Crippen molar-refractivity contribution in [1.82, 2.24) is 0 Å². The molecule has 0 aliphatic carbocycles. The van der Waals surface area contributed by atoms with Crippen LogP contribution in [0.15, 0.2) is 54.6 Å². The number of carbonyl (C=O) groups is 2. The van der Waals surface area contributed by atoms with Crippen molar-refractivity contribution < 1.29 is 28.4 Å². The second-order valence-electron chi connectivity index (χ2n) is 6.45. The van der Waals surface area contributed by atoms with Gasteiger partial charge in [0.2, 0.25) is 11.3 Å². The van der Waals surface area contributed by atoms with Crippen LogP contribution in [0, 0.1) is 0 Å². The van der Waals surface area contributed by atoms with E-state index in [1.54, 1.807) is 18.2 Å². The number of halogens is 2. The van der Waals surface area contributed by atoms with Gasteiger partial charge in [0.05, 0.1) is 42.2 Å². The second kappa shape index (κ2) is 10.1. The standard InChI is InChI=1S/C23H18Cl2O6P/c1-29-13-11-17(30-2)21(18(12-13)31-3)22(26)14-7-4-5-10-19(14)32(28)23(27)20-15(24)8-6-9-16(20)25/h4-12H,1-3H3. The Kier molecular flexibility index (Phi) is 7.52. The Morgan fingerprint density at radius 1 is 0.781 bits per heavy atom. The molecule has 0 saturated carbocycles. The maximum Gasteiger partial charge on any atom is 0.249 e. The van der Waals surface area contributed by atoms with Gasteiger partial charge >= 0.3 is 0 Å². The minimum Gasteiger partial charge on any atom is -0.496 e. The van der Waals surface area contributed by atoms with Gasteiger partial charge in [0.25, 0.3) is 0 Å². The quantitative estimate of drug-likeness (QED) is 0.304. The lowest BCUT2D eigenvalue weighted by molar-refractivity contribution is 0.103. The van der Waals surface area contributed by atoms with Crippen molar-refractivity contribution in [2.45, 2.75) is 0 Å². The van der Waals surface area contributed by atoms with Crippen LogP contribution in [0.2, 0.25) is 10.0 Å². The second-order valence-corrected chi connectivity index (χ2v) is 8.74. The SMILES string of the molecule is COc1cc(OC)c(C(=O)c2ccccc2[P](=O)C(=O)c2c(Cl)cccc2Cl)c(OC)c1. The maximum atomic E-state index is 13.5. The van der Waals surface area contributed by atoms with E-state index in [4.69, 9.17) is 37.4 Å². The summed E-state index contributed by atoms with van der Waals surface area (Å²) in [5.74, 6) is 0.310. The van der Waals surface area contributed by atoms with Gasteiger partial charge in [-0.15, -0.1) is 0 Å². The molecule has 6 nitrogen and oxygen atoms in total. The molecule has 9 heteroatoms. The lowest BCUT2D eigenvalue weighted by Crippen LogP contribution is -2.17. The molecule has 0 bridgehead atoms. The molecule has 0 spiro atoms. The lowest BCUT2D eigenvalue weighted by atomic mass is 10.0. The molecule has 32 heavy (non-hydrogen) atoms. The molecule has 165 valence electrons. The summed E-state index contributed by atoms with van der Waals surface area (Å²) in [6, 6.07) is 13.7. The van der Waals surface area contributed by atoms with Crippen LogP contribution in [0.25, 0.3) is 0 Å². The summed E-state index contributed by atoms with van der Waals surface area (Å²) in [5.41, 5.74) is -0.662. The highest BCUT2D eigenvalue weighted by Gasteiger charge is 2.29. The normalized spacial score (nSPS) is 11.0. The third-order valence-corrected chi connectivity index (χ3v) is 6.72. The van der Waals surface area contributed by atoms with Gasteiger partial charge < -0.3 is 14.2 Å². The molecule has 0 N–H and O–H groups in total. The molecule has 0 aromatic heterocycles. The fourth-order valence-corrected chi connectivity index (χ4v) is 5.10. The average Bonchev–Trinajstić information content (AvgIpc) is 2.81. The fourth-order valence-electron chi connectivity index (χ4n) is 3.12. The number of ether oxygens (including phenoxy) is 3. The number of methoxy groups -OCH3 is 3. The number of rotatable bonds is 8. The van der Waals surface area contributed by atoms with E-state index in [0.717, 1.165) is 0 Å². The van der Waals surface area contributed by atoms with E-state index in [0.29, 0.717) is 5.75 Å². The van der Waals surface area contributed by atoms with Crippen LogP contribution in [0.5, 0.6) is 17.2 Å². The molecule has 3 rings (SSSR count). The average molecular weight is 492 g/mol. The van der Waals surface area contributed by atoms with Crippen molar-refractivity contribution in [2.24, 2.45) is 0 Å². The molecule has 0 amide bonds. The molecule has 1 atom stereocenters. The Balaban J connectivity index is 2.13. The van der Waals surface area contributed by atoms with Crippen LogP contribution in [0.3, 0.4) is 0 Å². The molecule has 0 aliphatic heterocycles. The molecule has 1 unspecified atom stereocenters. The molecule has 0 saturated heterocycles. The maximum absolute atomic E-state index is 13.5. The highest BCUT2D eigenvalue weighted by atomic mass is 35.5. The molecule has 0 aliphatic rings. The van der Waals surface area contributed by atoms with Crippen LogP contribution >= 0.6 is 31.0 Å². The summed E-state index contributed by atoms with van der Waals surface area (Å²) in [7, 11) is 1.57. The molecule has 3 aromatic rings. The predicted octanol–water partition coefficient (Wildman–Crippen LogP) is 5.54. The Morgan fingerprint density at radius 2 is 1.34 bits per heavy atom. The molecule has 1 radical (unpaired) electrons. The van der Waals surface area contributed by atoms with Crippen molar-refractivity contribution >= 4 is 47.6 Å². The van der Waals surface area contributed by atoms with Crippen molar-refractivity contribution in [2.75, 3.05) is 21.3 Å². The smallest absolute Gasteiger partial charge is 0.249 e. The van der Waals surface area contributed by atoms with Crippen molar-refractivity contribution in [3.63, 3.8) is 0 Å². The first-order valence-electron chi connectivity index (χ1n) is 9.23. The first kappa shape index (κ1) is 23.7. The third kappa shape index (κ3) is 4.49. The van der Waals surface area contributed by atoms with Crippen molar-refractivity contribution in [3.05, 3.63) is 81.3 Å². The molecule has 0 fully saturated rings. The Hall–Kier alpha value is -2.92. The van der Waals surface area contributed by atoms with Crippen molar-refractivity contribution in [3.8, 4) is 17.2 Å². The minimum atomic E-state index is -2.71. The van der Waals surface area contributed by atoms with E-state index in [2.05, 4.69) is 0 Å². The first-order chi connectivity index (χ1) is 15.3. The minimum absolute atomic E-state index is 0.0495. The molecule has 0 heterocycles. The topological polar surface area (TPSA) is 78.9 Å².